The van der Waals surface area contributed by atoms with Gasteiger partial charge in [-0.15, -0.1) is 0 Å². The molecule has 3 N–H and O–H groups in total. The Morgan fingerprint density at radius 1 is 1.00 bits per heavy atom. The molecule has 4 nitrogen and oxygen atoms in total. The Labute approximate surface area is 101 Å². The second-order valence-electron chi connectivity index (χ2n) is 4.17. The molecular weight excluding hydrogens is 212 g/mol. The summed E-state index contributed by atoms with van der Waals surface area (Å²) < 4.78 is 0. The first-order chi connectivity index (χ1) is 8.13. The van der Waals surface area contributed by atoms with Crippen LogP contribution in [0.1, 0.15) is 16.7 Å². The summed E-state index contributed by atoms with van der Waals surface area (Å²) in [6.07, 6.45) is 3.30. The number of hydrogen-bond acceptors (Lipinski definition) is 4. The lowest BCUT2D eigenvalue weighted by Crippen LogP contribution is -2.11. The van der Waals surface area contributed by atoms with Gasteiger partial charge in [0.2, 0.25) is 0 Å². The van der Waals surface area contributed by atoms with E-state index in [0.29, 0.717) is 5.82 Å². The number of nitrogen functional groups attached to an aromatic ring is 1. The maximum atomic E-state index is 5.47. The lowest BCUT2D eigenvalue weighted by molar-refractivity contribution is 1.15. The van der Waals surface area contributed by atoms with Gasteiger partial charge in [0.1, 0.15) is 5.69 Å². The maximum absolute atomic E-state index is 5.47. The topological polar surface area (TPSA) is 63.8 Å². The quantitative estimate of drug-likeness (QED) is 0.611. The van der Waals surface area contributed by atoms with Crippen LogP contribution in [0.15, 0.2) is 24.5 Å². The number of aryl methyl sites for hydroxylation is 3. The van der Waals surface area contributed by atoms with Crippen LogP contribution < -0.4 is 11.3 Å². The van der Waals surface area contributed by atoms with E-state index in [9.17, 15) is 0 Å². The number of hydrogen-bond donors (Lipinski definition) is 2. The highest BCUT2D eigenvalue weighted by atomic mass is 15.3. The zero-order valence-electron chi connectivity index (χ0n) is 10.3. The third kappa shape index (κ3) is 2.12. The van der Waals surface area contributed by atoms with Crippen LogP contribution in [0.2, 0.25) is 0 Å². The smallest absolute Gasteiger partial charge is 0.166 e. The van der Waals surface area contributed by atoms with Crippen molar-refractivity contribution >= 4 is 5.82 Å². The molecule has 0 spiro atoms. The first-order valence-electron chi connectivity index (χ1n) is 5.49. The Bertz CT molecular complexity index is 526. The summed E-state index contributed by atoms with van der Waals surface area (Å²) in [6, 6.07) is 4.27. The molecule has 0 bridgehead atoms. The largest absolute Gasteiger partial charge is 0.307 e. The van der Waals surface area contributed by atoms with Crippen molar-refractivity contribution in [3.05, 3.63) is 41.2 Å². The van der Waals surface area contributed by atoms with Crippen molar-refractivity contribution in [2.75, 3.05) is 5.43 Å². The highest BCUT2D eigenvalue weighted by Crippen LogP contribution is 2.30. The summed E-state index contributed by atoms with van der Waals surface area (Å²) in [6.45, 7) is 6.23. The van der Waals surface area contributed by atoms with Gasteiger partial charge in [0, 0.05) is 18.0 Å². The van der Waals surface area contributed by atoms with Gasteiger partial charge in [0.25, 0.3) is 0 Å². The van der Waals surface area contributed by atoms with E-state index in [1.807, 2.05) is 0 Å². The Kier molecular flexibility index (Phi) is 3.06. The van der Waals surface area contributed by atoms with Crippen LogP contribution in [-0.4, -0.2) is 9.97 Å². The lowest BCUT2D eigenvalue weighted by Gasteiger charge is -2.13. The summed E-state index contributed by atoms with van der Waals surface area (Å²) in [7, 11) is 0. The molecule has 4 heteroatoms. The molecule has 0 radical (unpaired) electrons. The molecule has 0 aliphatic carbocycles. The zero-order chi connectivity index (χ0) is 12.4. The van der Waals surface area contributed by atoms with Crippen LogP contribution in [0.5, 0.6) is 0 Å². The van der Waals surface area contributed by atoms with Crippen molar-refractivity contribution in [3.63, 3.8) is 0 Å². The Morgan fingerprint density at radius 3 is 2.18 bits per heavy atom. The highest BCUT2D eigenvalue weighted by Gasteiger charge is 2.12. The molecule has 1 aromatic carbocycles. The van der Waals surface area contributed by atoms with E-state index in [-0.39, 0.29) is 0 Å². The summed E-state index contributed by atoms with van der Waals surface area (Å²) in [5.41, 5.74) is 8.09. The van der Waals surface area contributed by atoms with Crippen LogP contribution in [0, 0.1) is 20.8 Å². The molecule has 0 aliphatic heterocycles. The molecule has 0 atom stereocenters. The minimum absolute atomic E-state index is 0.600. The van der Waals surface area contributed by atoms with Gasteiger partial charge >= 0.3 is 0 Å². The van der Waals surface area contributed by atoms with Gasteiger partial charge < -0.3 is 5.43 Å². The van der Waals surface area contributed by atoms with E-state index < -0.39 is 0 Å². The standard InChI is InChI=1S/C13H16N4/c1-8-6-9(2)11(10(3)7-8)12-13(17-14)16-5-4-15-12/h4-7H,14H2,1-3H3,(H,16,17). The molecule has 2 rings (SSSR count). The second-order valence-corrected chi connectivity index (χ2v) is 4.17. The minimum Gasteiger partial charge on any atom is -0.307 e. The van der Waals surface area contributed by atoms with Crippen LogP contribution in [0.4, 0.5) is 5.82 Å². The van der Waals surface area contributed by atoms with Crippen molar-refractivity contribution in [1.29, 1.82) is 0 Å². The molecule has 88 valence electrons. The highest BCUT2D eigenvalue weighted by molar-refractivity contribution is 5.76. The Balaban J connectivity index is 2.68. The molecular formula is C13H16N4. The molecule has 0 unspecified atom stereocenters. The summed E-state index contributed by atoms with van der Waals surface area (Å²) in [4.78, 5) is 8.55. The van der Waals surface area contributed by atoms with E-state index in [1.165, 1.54) is 16.7 Å². The molecule has 1 heterocycles. The predicted octanol–water partition coefficient (Wildman–Crippen LogP) is 2.35. The SMILES string of the molecule is Cc1cc(C)c(-c2nccnc2NN)c(C)c1. The zero-order valence-corrected chi connectivity index (χ0v) is 10.3. The minimum atomic E-state index is 0.600. The fourth-order valence-corrected chi connectivity index (χ4v) is 2.18. The van der Waals surface area contributed by atoms with Crippen molar-refractivity contribution in [2.24, 2.45) is 5.84 Å². The number of nitrogens with zero attached hydrogens (tertiary/aromatic N) is 2. The molecule has 17 heavy (non-hydrogen) atoms. The third-order valence-corrected chi connectivity index (χ3v) is 2.75. The average Bonchev–Trinajstić information content (AvgIpc) is 2.28. The number of hydrazine groups is 1. The predicted molar refractivity (Wildman–Crippen MR) is 69.5 cm³/mol. The monoisotopic (exact) mass is 228 g/mol. The van der Waals surface area contributed by atoms with E-state index in [1.54, 1.807) is 12.4 Å². The number of rotatable bonds is 2. The number of anilines is 1. The van der Waals surface area contributed by atoms with Gasteiger partial charge in [-0.3, -0.25) is 4.98 Å². The van der Waals surface area contributed by atoms with Crippen LogP contribution in [0.3, 0.4) is 0 Å². The number of nitrogens with one attached hydrogen (secondary N) is 1. The first kappa shape index (κ1) is 11.5. The molecule has 0 saturated heterocycles. The van der Waals surface area contributed by atoms with Gasteiger partial charge in [-0.05, 0) is 31.9 Å². The van der Waals surface area contributed by atoms with E-state index in [0.717, 1.165) is 11.3 Å². The van der Waals surface area contributed by atoms with Crippen molar-refractivity contribution in [1.82, 2.24) is 9.97 Å². The molecule has 0 fully saturated rings. The third-order valence-electron chi connectivity index (χ3n) is 2.75. The Morgan fingerprint density at radius 2 is 1.59 bits per heavy atom. The molecule has 0 amide bonds. The second kappa shape index (κ2) is 4.51. The van der Waals surface area contributed by atoms with Crippen molar-refractivity contribution in [3.8, 4) is 11.3 Å². The van der Waals surface area contributed by atoms with Gasteiger partial charge in [0.05, 0.1) is 0 Å². The van der Waals surface area contributed by atoms with Crippen LogP contribution >= 0.6 is 0 Å². The van der Waals surface area contributed by atoms with Gasteiger partial charge in [-0.2, -0.15) is 0 Å². The van der Waals surface area contributed by atoms with Gasteiger partial charge in [0.15, 0.2) is 5.82 Å². The van der Waals surface area contributed by atoms with Crippen LogP contribution in [0.25, 0.3) is 11.3 Å². The van der Waals surface area contributed by atoms with Gasteiger partial charge in [-0.25, -0.2) is 10.8 Å². The van der Waals surface area contributed by atoms with Crippen molar-refractivity contribution < 1.29 is 0 Å². The normalized spacial score (nSPS) is 10.4. The first-order valence-corrected chi connectivity index (χ1v) is 5.49. The van der Waals surface area contributed by atoms with Crippen LogP contribution in [-0.2, 0) is 0 Å². The van der Waals surface area contributed by atoms with E-state index in [4.69, 9.17) is 5.84 Å². The van der Waals surface area contributed by atoms with E-state index in [2.05, 4.69) is 48.3 Å². The molecule has 0 saturated carbocycles. The number of benzene rings is 1. The Hall–Kier alpha value is -1.94. The van der Waals surface area contributed by atoms with Crippen molar-refractivity contribution in [2.45, 2.75) is 20.8 Å². The number of nitrogens with two attached hydrogens (primary N) is 1. The molecule has 2 aromatic rings. The van der Waals surface area contributed by atoms with E-state index >= 15 is 0 Å². The fraction of sp³-hybridized carbons (Fsp3) is 0.231. The number of aromatic nitrogens is 2. The molecule has 0 aliphatic rings. The summed E-state index contributed by atoms with van der Waals surface area (Å²) in [5.74, 6) is 6.07. The summed E-state index contributed by atoms with van der Waals surface area (Å²) in [5, 5.41) is 0. The molecule has 1 aromatic heterocycles. The maximum Gasteiger partial charge on any atom is 0.166 e. The van der Waals surface area contributed by atoms with Gasteiger partial charge in [-0.1, -0.05) is 17.7 Å². The summed E-state index contributed by atoms with van der Waals surface area (Å²) >= 11 is 0. The fourth-order valence-electron chi connectivity index (χ4n) is 2.18. The average molecular weight is 228 g/mol. The lowest BCUT2D eigenvalue weighted by atomic mass is 9.97.